The number of benzene rings is 2. The topological polar surface area (TPSA) is 106 Å². The number of fused-ring (bicyclic) bond motifs is 1. The van der Waals surface area contributed by atoms with E-state index in [1.165, 1.54) is 19.2 Å². The molecule has 0 atom stereocenters. The van der Waals surface area contributed by atoms with Gasteiger partial charge in [0.25, 0.3) is 0 Å². The smallest absolute Gasteiger partial charge is 0.243 e. The lowest BCUT2D eigenvalue weighted by molar-refractivity contribution is -0.121. The van der Waals surface area contributed by atoms with Crippen LogP contribution in [0.4, 0.5) is 0 Å². The fourth-order valence-corrected chi connectivity index (χ4v) is 4.18. The number of para-hydroxylation sites is 1. The molecule has 10 heteroatoms. The average Bonchev–Trinajstić information content (AvgIpc) is 3.16. The first kappa shape index (κ1) is 21.7. The van der Waals surface area contributed by atoms with Crippen molar-refractivity contribution in [1.29, 1.82) is 0 Å². The number of hydrogen-bond donors (Lipinski definition) is 1. The summed E-state index contributed by atoms with van der Waals surface area (Å²) in [5.41, 5.74) is 2.04. The first-order chi connectivity index (χ1) is 14.2. The van der Waals surface area contributed by atoms with Crippen LogP contribution in [-0.4, -0.2) is 54.3 Å². The first-order valence-corrected chi connectivity index (χ1v) is 10.9. The van der Waals surface area contributed by atoms with Gasteiger partial charge in [-0.25, -0.2) is 13.1 Å². The Bertz CT molecular complexity index is 1160. The molecule has 0 saturated carbocycles. The monoisotopic (exact) mass is 431 g/mol. The highest BCUT2D eigenvalue weighted by Gasteiger charge is 2.24. The van der Waals surface area contributed by atoms with Crippen molar-refractivity contribution in [2.45, 2.75) is 31.3 Å². The van der Waals surface area contributed by atoms with Crippen molar-refractivity contribution in [3.05, 3.63) is 48.0 Å². The molecule has 1 aromatic heterocycles. The fraction of sp³-hybridized carbons (Fsp3) is 0.350. The summed E-state index contributed by atoms with van der Waals surface area (Å²) in [5, 5.41) is 10.8. The van der Waals surface area contributed by atoms with E-state index in [1.54, 1.807) is 23.9 Å². The largest absolute Gasteiger partial charge is 0.496 e. The van der Waals surface area contributed by atoms with E-state index in [4.69, 9.17) is 4.74 Å². The van der Waals surface area contributed by atoms with E-state index in [0.717, 1.165) is 15.4 Å². The number of sulfonamides is 1. The van der Waals surface area contributed by atoms with Crippen molar-refractivity contribution in [1.82, 2.24) is 24.6 Å². The molecule has 0 saturated heterocycles. The Kier molecular flexibility index (Phi) is 6.37. The molecular formula is C20H25N5O4S. The number of rotatable bonds is 8. The van der Waals surface area contributed by atoms with E-state index < -0.39 is 15.9 Å². The van der Waals surface area contributed by atoms with Crippen LogP contribution in [0, 0.1) is 0 Å². The lowest BCUT2D eigenvalue weighted by Gasteiger charge is -2.17. The fourth-order valence-electron chi connectivity index (χ4n) is 3.03. The minimum atomic E-state index is -3.86. The molecule has 0 fully saturated rings. The summed E-state index contributed by atoms with van der Waals surface area (Å²) >= 11 is 0. The number of carbonyl (C=O) groups excluding carboxylic acids is 1. The quantitative estimate of drug-likeness (QED) is 0.584. The van der Waals surface area contributed by atoms with Gasteiger partial charge in [-0.3, -0.25) is 4.79 Å². The third-order valence-corrected chi connectivity index (χ3v) is 6.47. The molecule has 0 spiro atoms. The van der Waals surface area contributed by atoms with Crippen LogP contribution in [0.25, 0.3) is 11.0 Å². The molecule has 30 heavy (non-hydrogen) atoms. The number of carbonyl (C=O) groups is 1. The van der Waals surface area contributed by atoms with Crippen LogP contribution in [0.15, 0.2) is 47.4 Å². The highest BCUT2D eigenvalue weighted by molar-refractivity contribution is 7.89. The zero-order valence-electron chi connectivity index (χ0n) is 17.4. The number of nitrogens with zero attached hydrogens (tertiary/aromatic N) is 4. The predicted molar refractivity (Wildman–Crippen MR) is 113 cm³/mol. The van der Waals surface area contributed by atoms with Crippen LogP contribution in [0.3, 0.4) is 0 Å². The molecule has 3 rings (SSSR count). The summed E-state index contributed by atoms with van der Waals surface area (Å²) < 4.78 is 33.8. The second-order valence-corrected chi connectivity index (χ2v) is 9.17. The summed E-state index contributed by atoms with van der Waals surface area (Å²) in [4.78, 5) is 12.4. The van der Waals surface area contributed by atoms with Crippen LogP contribution < -0.4 is 10.1 Å². The number of amides is 1. The van der Waals surface area contributed by atoms with E-state index in [0.29, 0.717) is 11.3 Å². The summed E-state index contributed by atoms with van der Waals surface area (Å²) in [5.74, 6) is 0.236. The Labute approximate surface area is 175 Å². The zero-order chi connectivity index (χ0) is 21.9. The molecule has 0 aliphatic carbocycles. The Morgan fingerprint density at radius 1 is 1.23 bits per heavy atom. The Morgan fingerprint density at radius 3 is 2.67 bits per heavy atom. The number of likely N-dealkylation sites (N-methyl/N-ethyl adjacent to an activating group) is 1. The van der Waals surface area contributed by atoms with Gasteiger partial charge in [-0.1, -0.05) is 23.4 Å². The molecule has 2 aromatic carbocycles. The van der Waals surface area contributed by atoms with Crippen molar-refractivity contribution < 1.29 is 17.9 Å². The Morgan fingerprint density at radius 2 is 1.97 bits per heavy atom. The van der Waals surface area contributed by atoms with Gasteiger partial charge in [0, 0.05) is 25.2 Å². The van der Waals surface area contributed by atoms with Gasteiger partial charge in [0.1, 0.15) is 11.3 Å². The molecule has 160 valence electrons. The molecule has 0 aliphatic heterocycles. The first-order valence-electron chi connectivity index (χ1n) is 9.44. The predicted octanol–water partition coefficient (Wildman–Crippen LogP) is 1.96. The Hall–Kier alpha value is -2.98. The normalized spacial score (nSPS) is 11.9. The molecule has 9 nitrogen and oxygen atoms in total. The molecule has 0 unspecified atom stereocenters. The van der Waals surface area contributed by atoms with Gasteiger partial charge in [-0.05, 0) is 38.1 Å². The van der Waals surface area contributed by atoms with Crippen molar-refractivity contribution in [3.8, 4) is 5.75 Å². The van der Waals surface area contributed by atoms with Gasteiger partial charge in [0.05, 0.1) is 24.1 Å². The van der Waals surface area contributed by atoms with Gasteiger partial charge >= 0.3 is 0 Å². The van der Waals surface area contributed by atoms with Crippen LogP contribution >= 0.6 is 0 Å². The summed E-state index contributed by atoms with van der Waals surface area (Å²) in [7, 11) is -0.940. The van der Waals surface area contributed by atoms with E-state index in [-0.39, 0.29) is 24.0 Å². The third-order valence-electron chi connectivity index (χ3n) is 4.67. The number of nitrogens with one attached hydrogen (secondary N) is 1. The summed E-state index contributed by atoms with van der Waals surface area (Å²) in [6, 6.07) is 12.1. The highest BCUT2D eigenvalue weighted by atomic mass is 32.2. The van der Waals surface area contributed by atoms with Gasteiger partial charge in [-0.2, -0.15) is 4.31 Å². The minimum absolute atomic E-state index is 0.0610. The Balaban J connectivity index is 1.70. The molecule has 3 aromatic rings. The van der Waals surface area contributed by atoms with Crippen LogP contribution in [0.5, 0.6) is 5.75 Å². The number of aromatic nitrogens is 3. The lowest BCUT2D eigenvalue weighted by Crippen LogP contribution is -2.38. The van der Waals surface area contributed by atoms with Gasteiger partial charge in [0.15, 0.2) is 0 Å². The van der Waals surface area contributed by atoms with E-state index in [1.807, 2.05) is 32.0 Å². The standard InChI is InChI=1S/C20H25N5O4S/c1-14(2)25-18-10-9-16(11-17(18)22-23-25)30(27,28)24(3)13-20(26)21-12-15-7-5-6-8-19(15)29-4/h5-11,14H,12-13H2,1-4H3,(H,21,26). The van der Waals surface area contributed by atoms with Crippen molar-refractivity contribution in [3.63, 3.8) is 0 Å². The second-order valence-electron chi connectivity index (χ2n) is 7.13. The van der Waals surface area contributed by atoms with Crippen molar-refractivity contribution in [2.75, 3.05) is 20.7 Å². The number of ether oxygens (including phenoxy) is 1. The van der Waals surface area contributed by atoms with Crippen molar-refractivity contribution in [2.24, 2.45) is 0 Å². The molecule has 0 aliphatic rings. The SMILES string of the molecule is COc1ccccc1CNC(=O)CN(C)S(=O)(=O)c1ccc2c(c1)nnn2C(C)C. The van der Waals surface area contributed by atoms with Crippen LogP contribution in [0.2, 0.25) is 0 Å². The maximum absolute atomic E-state index is 12.9. The molecule has 0 radical (unpaired) electrons. The second kappa shape index (κ2) is 8.80. The van der Waals surface area contributed by atoms with Crippen LogP contribution in [0.1, 0.15) is 25.5 Å². The molecule has 0 bridgehead atoms. The number of methoxy groups -OCH3 is 1. The summed E-state index contributed by atoms with van der Waals surface area (Å²) in [6.07, 6.45) is 0. The van der Waals surface area contributed by atoms with E-state index in [9.17, 15) is 13.2 Å². The van der Waals surface area contributed by atoms with Gasteiger partial charge in [-0.15, -0.1) is 5.10 Å². The van der Waals surface area contributed by atoms with E-state index >= 15 is 0 Å². The molecular weight excluding hydrogens is 406 g/mol. The third kappa shape index (κ3) is 4.44. The van der Waals surface area contributed by atoms with Gasteiger partial charge < -0.3 is 10.1 Å². The molecule has 1 N–H and O–H groups in total. The molecule has 1 heterocycles. The maximum Gasteiger partial charge on any atom is 0.243 e. The maximum atomic E-state index is 12.9. The zero-order valence-corrected chi connectivity index (χ0v) is 18.2. The van der Waals surface area contributed by atoms with Crippen molar-refractivity contribution >= 4 is 27.0 Å². The molecule has 1 amide bonds. The highest BCUT2D eigenvalue weighted by Crippen LogP contribution is 2.22. The van der Waals surface area contributed by atoms with Gasteiger partial charge in [0.2, 0.25) is 15.9 Å². The minimum Gasteiger partial charge on any atom is -0.496 e. The lowest BCUT2D eigenvalue weighted by atomic mass is 10.2. The van der Waals surface area contributed by atoms with Crippen LogP contribution in [-0.2, 0) is 21.4 Å². The van der Waals surface area contributed by atoms with E-state index in [2.05, 4.69) is 15.6 Å². The average molecular weight is 432 g/mol. The summed E-state index contributed by atoms with van der Waals surface area (Å²) in [6.45, 7) is 3.86. The number of hydrogen-bond acceptors (Lipinski definition) is 6.